The van der Waals surface area contributed by atoms with Crippen molar-refractivity contribution in [3.63, 3.8) is 0 Å². The van der Waals surface area contributed by atoms with Crippen LogP contribution in [0.3, 0.4) is 0 Å². The van der Waals surface area contributed by atoms with E-state index in [-0.39, 0.29) is 18.4 Å². The number of nitrogens with one attached hydrogen (secondary N) is 1. The second-order valence-corrected chi connectivity index (χ2v) is 5.06. The molecular formula is C15H20N2O4. The molecule has 1 amide bonds. The van der Waals surface area contributed by atoms with Crippen molar-refractivity contribution in [3.05, 3.63) is 30.3 Å². The van der Waals surface area contributed by atoms with Crippen molar-refractivity contribution in [1.82, 2.24) is 4.90 Å². The molecule has 0 spiro atoms. The van der Waals surface area contributed by atoms with E-state index in [9.17, 15) is 9.59 Å². The number of carbonyl (C=O) groups excluding carboxylic acids is 1. The quantitative estimate of drug-likeness (QED) is 0.823. The maximum absolute atomic E-state index is 11.9. The highest BCUT2D eigenvalue weighted by molar-refractivity contribution is 5.90. The maximum Gasteiger partial charge on any atom is 0.306 e. The summed E-state index contributed by atoms with van der Waals surface area (Å²) in [6, 6.07) is 9.32. The lowest BCUT2D eigenvalue weighted by molar-refractivity contribution is -0.142. The summed E-state index contributed by atoms with van der Waals surface area (Å²) in [5, 5.41) is 11.6. The minimum absolute atomic E-state index is 0.00666. The van der Waals surface area contributed by atoms with E-state index in [1.807, 2.05) is 30.3 Å². The van der Waals surface area contributed by atoms with Gasteiger partial charge in [0.2, 0.25) is 5.91 Å². The average Bonchev–Trinajstić information content (AvgIpc) is 2.46. The molecular weight excluding hydrogens is 272 g/mol. The van der Waals surface area contributed by atoms with Crippen molar-refractivity contribution in [2.45, 2.75) is 18.9 Å². The van der Waals surface area contributed by atoms with Gasteiger partial charge in [-0.15, -0.1) is 0 Å². The normalized spacial score (nSPS) is 19.1. The van der Waals surface area contributed by atoms with Crippen LogP contribution in [0.25, 0.3) is 0 Å². The van der Waals surface area contributed by atoms with Crippen molar-refractivity contribution in [1.29, 1.82) is 0 Å². The number of ether oxygens (including phenoxy) is 1. The van der Waals surface area contributed by atoms with E-state index in [0.29, 0.717) is 26.1 Å². The van der Waals surface area contributed by atoms with Gasteiger partial charge < -0.3 is 15.2 Å². The Morgan fingerprint density at radius 2 is 2.10 bits per heavy atom. The van der Waals surface area contributed by atoms with Gasteiger partial charge in [0.05, 0.1) is 19.1 Å². The SMILES string of the molecule is O=C(O)CC1CN(CCC(=O)Nc2ccccc2)CCO1. The van der Waals surface area contributed by atoms with Crippen molar-refractivity contribution in [2.75, 3.05) is 31.6 Å². The molecule has 2 N–H and O–H groups in total. The van der Waals surface area contributed by atoms with Crippen molar-refractivity contribution < 1.29 is 19.4 Å². The van der Waals surface area contributed by atoms with Crippen molar-refractivity contribution in [2.24, 2.45) is 0 Å². The molecule has 2 rings (SSSR count). The van der Waals surface area contributed by atoms with Gasteiger partial charge in [0.25, 0.3) is 0 Å². The van der Waals surface area contributed by atoms with Gasteiger partial charge >= 0.3 is 5.97 Å². The van der Waals surface area contributed by atoms with Crippen LogP contribution < -0.4 is 5.32 Å². The first-order chi connectivity index (χ1) is 10.1. The van der Waals surface area contributed by atoms with Crippen molar-refractivity contribution >= 4 is 17.6 Å². The number of carbonyl (C=O) groups is 2. The summed E-state index contributed by atoms with van der Waals surface area (Å²) in [5.74, 6) is -0.897. The number of morpholine rings is 1. The molecule has 6 nitrogen and oxygen atoms in total. The molecule has 6 heteroatoms. The number of hydrogen-bond acceptors (Lipinski definition) is 4. The van der Waals surface area contributed by atoms with Crippen LogP contribution >= 0.6 is 0 Å². The fourth-order valence-corrected chi connectivity index (χ4v) is 2.31. The molecule has 0 radical (unpaired) electrons. The van der Waals surface area contributed by atoms with E-state index < -0.39 is 5.97 Å². The zero-order chi connectivity index (χ0) is 15.1. The Morgan fingerprint density at radius 3 is 2.81 bits per heavy atom. The molecule has 0 aliphatic carbocycles. The average molecular weight is 292 g/mol. The number of anilines is 1. The standard InChI is InChI=1S/C15H20N2O4/c18-14(16-12-4-2-1-3-5-12)6-7-17-8-9-21-13(11-17)10-15(19)20/h1-5,13H,6-11H2,(H,16,18)(H,19,20). The van der Waals surface area contributed by atoms with Crippen LogP contribution in [-0.4, -0.2) is 54.2 Å². The number of amides is 1. The van der Waals surface area contributed by atoms with Crippen LogP contribution in [0.4, 0.5) is 5.69 Å². The van der Waals surface area contributed by atoms with Gasteiger partial charge in [0, 0.05) is 31.7 Å². The van der Waals surface area contributed by atoms with Crippen LogP contribution in [-0.2, 0) is 14.3 Å². The Hall–Kier alpha value is -1.92. The molecule has 1 saturated heterocycles. The monoisotopic (exact) mass is 292 g/mol. The lowest BCUT2D eigenvalue weighted by atomic mass is 10.2. The summed E-state index contributed by atoms with van der Waals surface area (Å²) < 4.78 is 5.40. The Kier molecular flexibility index (Phi) is 5.71. The second kappa shape index (κ2) is 7.75. The van der Waals surface area contributed by atoms with Gasteiger partial charge in [0.1, 0.15) is 0 Å². The first-order valence-corrected chi connectivity index (χ1v) is 7.04. The summed E-state index contributed by atoms with van der Waals surface area (Å²) in [7, 11) is 0. The highest BCUT2D eigenvalue weighted by Gasteiger charge is 2.22. The van der Waals surface area contributed by atoms with Gasteiger partial charge in [-0.1, -0.05) is 18.2 Å². The van der Waals surface area contributed by atoms with Gasteiger partial charge in [-0.3, -0.25) is 14.5 Å². The van der Waals surface area contributed by atoms with Crippen LogP contribution in [0.15, 0.2) is 30.3 Å². The summed E-state index contributed by atoms with van der Waals surface area (Å²) >= 11 is 0. The topological polar surface area (TPSA) is 78.9 Å². The smallest absolute Gasteiger partial charge is 0.306 e. The lowest BCUT2D eigenvalue weighted by Gasteiger charge is -2.32. The van der Waals surface area contributed by atoms with Gasteiger partial charge in [-0.05, 0) is 12.1 Å². The molecule has 1 aliphatic rings. The second-order valence-electron chi connectivity index (χ2n) is 5.06. The molecule has 0 saturated carbocycles. The number of benzene rings is 1. The number of rotatable bonds is 6. The predicted molar refractivity (Wildman–Crippen MR) is 78.1 cm³/mol. The minimum atomic E-state index is -0.858. The molecule has 1 aromatic rings. The van der Waals surface area contributed by atoms with E-state index in [1.165, 1.54) is 0 Å². The molecule has 21 heavy (non-hydrogen) atoms. The fraction of sp³-hybridized carbons (Fsp3) is 0.467. The largest absolute Gasteiger partial charge is 0.481 e. The van der Waals surface area contributed by atoms with E-state index in [4.69, 9.17) is 9.84 Å². The molecule has 1 fully saturated rings. The van der Waals surface area contributed by atoms with Crippen LogP contribution in [0.1, 0.15) is 12.8 Å². The number of carboxylic acid groups (broad SMARTS) is 1. The van der Waals surface area contributed by atoms with Crippen LogP contribution in [0.5, 0.6) is 0 Å². The van der Waals surface area contributed by atoms with Crippen molar-refractivity contribution in [3.8, 4) is 0 Å². The summed E-state index contributed by atoms with van der Waals surface area (Å²) in [4.78, 5) is 24.6. The number of hydrogen-bond donors (Lipinski definition) is 2. The van der Waals surface area contributed by atoms with E-state index in [2.05, 4.69) is 10.2 Å². The fourth-order valence-electron chi connectivity index (χ4n) is 2.31. The summed E-state index contributed by atoms with van der Waals surface area (Å²) in [5.41, 5.74) is 0.785. The molecule has 1 aliphatic heterocycles. The molecule has 1 unspecified atom stereocenters. The zero-order valence-electron chi connectivity index (χ0n) is 11.8. The lowest BCUT2D eigenvalue weighted by Crippen LogP contribution is -2.44. The molecule has 0 aromatic heterocycles. The maximum atomic E-state index is 11.9. The third-order valence-electron chi connectivity index (χ3n) is 3.34. The first-order valence-electron chi connectivity index (χ1n) is 7.04. The first kappa shape index (κ1) is 15.5. The van der Waals surface area contributed by atoms with Gasteiger partial charge in [0.15, 0.2) is 0 Å². The number of para-hydroxylation sites is 1. The Morgan fingerprint density at radius 1 is 1.33 bits per heavy atom. The Balaban J connectivity index is 1.72. The van der Waals surface area contributed by atoms with Gasteiger partial charge in [-0.25, -0.2) is 0 Å². The number of aliphatic carboxylic acids is 1. The van der Waals surface area contributed by atoms with Crippen LogP contribution in [0, 0.1) is 0 Å². The highest BCUT2D eigenvalue weighted by atomic mass is 16.5. The number of carboxylic acids is 1. The molecule has 1 atom stereocenters. The Bertz CT molecular complexity index is 478. The zero-order valence-corrected chi connectivity index (χ0v) is 11.8. The molecule has 1 heterocycles. The third-order valence-corrected chi connectivity index (χ3v) is 3.34. The van der Waals surface area contributed by atoms with E-state index >= 15 is 0 Å². The number of nitrogens with zero attached hydrogens (tertiary/aromatic N) is 1. The highest BCUT2D eigenvalue weighted by Crippen LogP contribution is 2.10. The van der Waals surface area contributed by atoms with E-state index in [0.717, 1.165) is 12.2 Å². The summed E-state index contributed by atoms with van der Waals surface area (Å²) in [6.07, 6.45) is 0.106. The third kappa shape index (κ3) is 5.53. The summed E-state index contributed by atoms with van der Waals surface area (Å²) in [6.45, 7) is 2.41. The molecule has 0 bridgehead atoms. The van der Waals surface area contributed by atoms with Gasteiger partial charge in [-0.2, -0.15) is 0 Å². The minimum Gasteiger partial charge on any atom is -0.481 e. The molecule has 1 aromatic carbocycles. The Labute approximate surface area is 123 Å². The van der Waals surface area contributed by atoms with E-state index in [1.54, 1.807) is 0 Å². The predicted octanol–water partition coefficient (Wildman–Crippen LogP) is 1.19. The van der Waals surface area contributed by atoms with Crippen LogP contribution in [0.2, 0.25) is 0 Å². The molecule has 114 valence electrons.